The highest BCUT2D eigenvalue weighted by atomic mass is 16.5. The molecule has 0 amide bonds. The zero-order valence-corrected chi connectivity index (χ0v) is 11.7. The predicted octanol–water partition coefficient (Wildman–Crippen LogP) is 3.13. The molecule has 1 unspecified atom stereocenters. The van der Waals surface area contributed by atoms with Crippen LogP contribution >= 0.6 is 0 Å². The van der Waals surface area contributed by atoms with Crippen molar-refractivity contribution in [2.45, 2.75) is 76.3 Å². The van der Waals surface area contributed by atoms with E-state index in [1.54, 1.807) is 0 Å². The minimum Gasteiger partial charge on any atom is -0.469 e. The molecular weight excluding hydrogens is 226 g/mol. The summed E-state index contributed by atoms with van der Waals surface area (Å²) in [7, 11) is 1.50. The van der Waals surface area contributed by atoms with Gasteiger partial charge in [0.15, 0.2) is 0 Å². The normalized spacial score (nSPS) is 27.7. The summed E-state index contributed by atoms with van der Waals surface area (Å²) in [5.41, 5.74) is 0. The average Bonchev–Trinajstić information content (AvgIpc) is 2.68. The third-order valence-electron chi connectivity index (χ3n) is 4.60. The second kappa shape index (κ2) is 7.13. The van der Waals surface area contributed by atoms with Crippen molar-refractivity contribution in [1.82, 2.24) is 4.90 Å². The number of methoxy groups -OCH3 is 1. The number of likely N-dealkylation sites (tertiary alicyclic amines) is 1. The van der Waals surface area contributed by atoms with Crippen LogP contribution in [0.25, 0.3) is 0 Å². The van der Waals surface area contributed by atoms with Gasteiger partial charge in [0.1, 0.15) is 0 Å². The van der Waals surface area contributed by atoms with Gasteiger partial charge in [0.05, 0.1) is 13.5 Å². The minimum atomic E-state index is -0.0412. The van der Waals surface area contributed by atoms with E-state index in [0.29, 0.717) is 12.5 Å². The highest BCUT2D eigenvalue weighted by Gasteiger charge is 2.30. The van der Waals surface area contributed by atoms with Crippen LogP contribution < -0.4 is 0 Å². The van der Waals surface area contributed by atoms with Crippen molar-refractivity contribution in [3.05, 3.63) is 0 Å². The maximum Gasteiger partial charge on any atom is 0.307 e. The molecule has 0 spiro atoms. The maximum absolute atomic E-state index is 11.5. The molecule has 2 rings (SSSR count). The van der Waals surface area contributed by atoms with E-state index in [4.69, 9.17) is 4.74 Å². The fraction of sp³-hybridized carbons (Fsp3) is 0.933. The summed E-state index contributed by atoms with van der Waals surface area (Å²) in [5, 5.41) is 0. The first kappa shape index (κ1) is 13.9. The Balaban J connectivity index is 1.95. The zero-order chi connectivity index (χ0) is 12.8. The van der Waals surface area contributed by atoms with Crippen molar-refractivity contribution in [3.63, 3.8) is 0 Å². The number of hydrogen-bond donors (Lipinski definition) is 0. The third kappa shape index (κ3) is 3.71. The Bertz CT molecular complexity index is 259. The van der Waals surface area contributed by atoms with Crippen molar-refractivity contribution < 1.29 is 9.53 Å². The first-order valence-corrected chi connectivity index (χ1v) is 7.64. The summed E-state index contributed by atoms with van der Waals surface area (Å²) < 4.78 is 4.85. The van der Waals surface area contributed by atoms with E-state index in [1.807, 2.05) is 0 Å². The molecular formula is C15H27NO2. The molecule has 0 radical (unpaired) electrons. The first-order chi connectivity index (χ1) is 8.81. The first-order valence-electron chi connectivity index (χ1n) is 7.64. The number of ether oxygens (including phenoxy) is 1. The minimum absolute atomic E-state index is 0.0412. The molecule has 104 valence electrons. The van der Waals surface area contributed by atoms with Crippen LogP contribution in [0.4, 0.5) is 0 Å². The van der Waals surface area contributed by atoms with Crippen LogP contribution in [0.3, 0.4) is 0 Å². The van der Waals surface area contributed by atoms with E-state index in [-0.39, 0.29) is 5.97 Å². The summed E-state index contributed by atoms with van der Waals surface area (Å²) in [5.74, 6) is -0.0412. The lowest BCUT2D eigenvalue weighted by molar-refractivity contribution is -0.142. The highest BCUT2D eigenvalue weighted by Crippen LogP contribution is 2.29. The second-order valence-electron chi connectivity index (χ2n) is 5.81. The van der Waals surface area contributed by atoms with Crippen LogP contribution in [0.5, 0.6) is 0 Å². The van der Waals surface area contributed by atoms with E-state index in [2.05, 4.69) is 4.90 Å². The molecule has 2 aliphatic rings. The van der Waals surface area contributed by atoms with Gasteiger partial charge in [-0.15, -0.1) is 0 Å². The molecule has 2 fully saturated rings. The fourth-order valence-corrected chi connectivity index (χ4v) is 3.59. The summed E-state index contributed by atoms with van der Waals surface area (Å²) in [6, 6.07) is 1.16. The Morgan fingerprint density at radius 2 is 1.72 bits per heavy atom. The molecule has 0 aromatic rings. The molecule has 1 aliphatic heterocycles. The molecule has 0 aromatic heterocycles. The summed E-state index contributed by atoms with van der Waals surface area (Å²) in [4.78, 5) is 14.2. The van der Waals surface area contributed by atoms with Crippen LogP contribution in [0.2, 0.25) is 0 Å². The zero-order valence-electron chi connectivity index (χ0n) is 11.7. The van der Waals surface area contributed by atoms with Gasteiger partial charge in [-0.25, -0.2) is 0 Å². The number of carbonyl (C=O) groups excluding carboxylic acids is 1. The molecule has 0 aromatic carbocycles. The average molecular weight is 253 g/mol. The molecule has 1 saturated carbocycles. The van der Waals surface area contributed by atoms with Gasteiger partial charge in [0, 0.05) is 12.1 Å². The Morgan fingerprint density at radius 1 is 1.06 bits per heavy atom. The second-order valence-corrected chi connectivity index (χ2v) is 5.81. The third-order valence-corrected chi connectivity index (χ3v) is 4.60. The molecule has 1 aliphatic carbocycles. The van der Waals surface area contributed by atoms with Crippen LogP contribution in [0, 0.1) is 0 Å². The van der Waals surface area contributed by atoms with Crippen LogP contribution in [0.15, 0.2) is 0 Å². The SMILES string of the molecule is COC(=O)CC1CCCCN1C1CCCCCC1. The number of carbonyl (C=O) groups is 1. The van der Waals surface area contributed by atoms with Crippen molar-refractivity contribution in [2.75, 3.05) is 13.7 Å². The lowest BCUT2D eigenvalue weighted by Gasteiger charge is -2.40. The molecule has 3 nitrogen and oxygen atoms in total. The number of piperidine rings is 1. The smallest absolute Gasteiger partial charge is 0.307 e. The van der Waals surface area contributed by atoms with E-state index in [1.165, 1.54) is 71.4 Å². The van der Waals surface area contributed by atoms with Crippen molar-refractivity contribution in [2.24, 2.45) is 0 Å². The predicted molar refractivity (Wildman–Crippen MR) is 72.5 cm³/mol. The number of nitrogens with zero attached hydrogens (tertiary/aromatic N) is 1. The van der Waals surface area contributed by atoms with Gasteiger partial charge in [-0.05, 0) is 32.2 Å². The quantitative estimate of drug-likeness (QED) is 0.571. The lowest BCUT2D eigenvalue weighted by atomic mass is 9.94. The Morgan fingerprint density at radius 3 is 2.39 bits per heavy atom. The van der Waals surface area contributed by atoms with Crippen LogP contribution in [-0.4, -0.2) is 36.6 Å². The molecule has 3 heteroatoms. The van der Waals surface area contributed by atoms with E-state index >= 15 is 0 Å². The van der Waals surface area contributed by atoms with Gasteiger partial charge in [0.25, 0.3) is 0 Å². The molecule has 0 bridgehead atoms. The van der Waals surface area contributed by atoms with Crippen LogP contribution in [-0.2, 0) is 9.53 Å². The van der Waals surface area contributed by atoms with Gasteiger partial charge in [0.2, 0.25) is 0 Å². The topological polar surface area (TPSA) is 29.5 Å². The molecule has 18 heavy (non-hydrogen) atoms. The summed E-state index contributed by atoms with van der Waals surface area (Å²) >= 11 is 0. The molecule has 1 saturated heterocycles. The number of hydrogen-bond acceptors (Lipinski definition) is 3. The van der Waals surface area contributed by atoms with Crippen molar-refractivity contribution >= 4 is 5.97 Å². The van der Waals surface area contributed by atoms with Crippen molar-refractivity contribution in [1.29, 1.82) is 0 Å². The molecule has 0 N–H and O–H groups in total. The Hall–Kier alpha value is -0.570. The fourth-order valence-electron chi connectivity index (χ4n) is 3.59. The van der Waals surface area contributed by atoms with Crippen molar-refractivity contribution in [3.8, 4) is 0 Å². The summed E-state index contributed by atoms with van der Waals surface area (Å²) in [6.45, 7) is 1.19. The maximum atomic E-state index is 11.5. The monoisotopic (exact) mass is 253 g/mol. The lowest BCUT2D eigenvalue weighted by Crippen LogP contribution is -2.47. The van der Waals surface area contributed by atoms with Gasteiger partial charge >= 0.3 is 5.97 Å². The molecule has 1 atom stereocenters. The van der Waals surface area contributed by atoms with E-state index in [9.17, 15) is 4.79 Å². The van der Waals surface area contributed by atoms with E-state index in [0.717, 1.165) is 6.04 Å². The number of esters is 1. The molecule has 1 heterocycles. The number of rotatable bonds is 3. The standard InChI is InChI=1S/C15H27NO2/c1-18-15(17)12-14-10-6-7-11-16(14)13-8-4-2-3-5-9-13/h13-14H,2-12H2,1H3. The Kier molecular flexibility index (Phi) is 5.48. The van der Waals surface area contributed by atoms with E-state index < -0.39 is 0 Å². The van der Waals surface area contributed by atoms with Gasteiger partial charge in [-0.3, -0.25) is 9.69 Å². The highest BCUT2D eigenvalue weighted by molar-refractivity contribution is 5.69. The largest absolute Gasteiger partial charge is 0.469 e. The van der Waals surface area contributed by atoms with Crippen LogP contribution in [0.1, 0.15) is 64.2 Å². The Labute approximate surface area is 111 Å². The summed E-state index contributed by atoms with van der Waals surface area (Å²) in [6.07, 6.45) is 12.5. The van der Waals surface area contributed by atoms with Gasteiger partial charge in [-0.2, -0.15) is 0 Å². The van der Waals surface area contributed by atoms with Gasteiger partial charge in [-0.1, -0.05) is 32.1 Å². The van der Waals surface area contributed by atoms with Gasteiger partial charge < -0.3 is 4.74 Å².